The minimum atomic E-state index is -0.0561. The van der Waals surface area contributed by atoms with Crippen molar-refractivity contribution < 1.29 is 9.53 Å². The Hall–Kier alpha value is -1.43. The van der Waals surface area contributed by atoms with Crippen molar-refractivity contribution in [3.05, 3.63) is 11.9 Å². The van der Waals surface area contributed by atoms with Crippen LogP contribution in [0.15, 0.2) is 6.20 Å². The largest absolute Gasteiger partial charge is 0.379 e. The van der Waals surface area contributed by atoms with Crippen LogP contribution >= 0.6 is 0 Å². The Balaban J connectivity index is 1.52. The van der Waals surface area contributed by atoms with Crippen molar-refractivity contribution in [2.75, 3.05) is 20.3 Å². The second kappa shape index (κ2) is 7.22. The molecule has 122 valence electrons. The van der Waals surface area contributed by atoms with E-state index in [0.29, 0.717) is 12.3 Å². The van der Waals surface area contributed by atoms with E-state index < -0.39 is 0 Å². The number of hydrogen-bond donors (Lipinski definition) is 0. The van der Waals surface area contributed by atoms with Gasteiger partial charge in [-0.05, 0) is 18.8 Å². The lowest BCUT2D eigenvalue weighted by molar-refractivity contribution is 0.0705. The van der Waals surface area contributed by atoms with Crippen LogP contribution in [0.2, 0.25) is 0 Å². The normalized spacial score (nSPS) is 22.9. The van der Waals surface area contributed by atoms with Crippen LogP contribution in [-0.2, 0) is 11.3 Å². The number of nitrogens with zero attached hydrogens (tertiary/aromatic N) is 4. The molecule has 1 aliphatic heterocycles. The maximum atomic E-state index is 12.4. The molecule has 0 radical (unpaired) electrons. The summed E-state index contributed by atoms with van der Waals surface area (Å²) in [6.07, 6.45) is 10.6. The highest BCUT2D eigenvalue weighted by Crippen LogP contribution is 2.26. The van der Waals surface area contributed by atoms with Gasteiger partial charge in [0.25, 0.3) is 5.91 Å². The number of amides is 1. The van der Waals surface area contributed by atoms with Gasteiger partial charge in [-0.15, -0.1) is 5.10 Å². The second-order valence-corrected chi connectivity index (χ2v) is 6.59. The van der Waals surface area contributed by atoms with Crippen LogP contribution in [0.25, 0.3) is 0 Å². The Labute approximate surface area is 131 Å². The fourth-order valence-corrected chi connectivity index (χ4v) is 3.47. The Morgan fingerprint density at radius 2 is 2.18 bits per heavy atom. The topological polar surface area (TPSA) is 60.2 Å². The van der Waals surface area contributed by atoms with E-state index in [1.165, 1.54) is 32.1 Å². The van der Waals surface area contributed by atoms with Crippen LogP contribution in [0.3, 0.4) is 0 Å². The summed E-state index contributed by atoms with van der Waals surface area (Å²) >= 11 is 0. The molecule has 0 N–H and O–H groups in total. The highest BCUT2D eigenvalue weighted by molar-refractivity contribution is 5.91. The minimum absolute atomic E-state index is 0.0561. The van der Waals surface area contributed by atoms with E-state index in [4.69, 9.17) is 4.74 Å². The quantitative estimate of drug-likeness (QED) is 0.836. The lowest BCUT2D eigenvalue weighted by Gasteiger charge is -2.21. The average Bonchev–Trinajstić information content (AvgIpc) is 3.24. The zero-order chi connectivity index (χ0) is 15.4. The molecule has 0 unspecified atom stereocenters. The molecule has 0 bridgehead atoms. The third kappa shape index (κ3) is 3.66. The molecule has 2 heterocycles. The summed E-state index contributed by atoms with van der Waals surface area (Å²) in [4.78, 5) is 14.1. The average molecular weight is 306 g/mol. The van der Waals surface area contributed by atoms with Crippen LogP contribution < -0.4 is 0 Å². The predicted octanol–water partition coefficient (Wildman–Crippen LogP) is 2.11. The van der Waals surface area contributed by atoms with Crippen molar-refractivity contribution in [1.82, 2.24) is 19.9 Å². The Kier molecular flexibility index (Phi) is 5.08. The molecule has 2 fully saturated rings. The van der Waals surface area contributed by atoms with E-state index >= 15 is 0 Å². The molecule has 1 atom stereocenters. The van der Waals surface area contributed by atoms with Crippen molar-refractivity contribution in [3.63, 3.8) is 0 Å². The maximum Gasteiger partial charge on any atom is 0.276 e. The molecule has 0 aromatic carbocycles. The van der Waals surface area contributed by atoms with Gasteiger partial charge in [-0.25, -0.2) is 0 Å². The molecule has 0 spiro atoms. The van der Waals surface area contributed by atoms with Crippen LogP contribution in [0.5, 0.6) is 0 Å². The third-order valence-electron chi connectivity index (χ3n) is 5.02. The SMILES string of the molecule is CN(C(=O)c1cn(CCC2CCCCC2)nn1)[C@H]1CCOC1. The smallest absolute Gasteiger partial charge is 0.276 e. The first-order valence-corrected chi connectivity index (χ1v) is 8.49. The summed E-state index contributed by atoms with van der Waals surface area (Å²) in [6.45, 7) is 2.22. The number of rotatable bonds is 5. The molecular weight excluding hydrogens is 280 g/mol. The standard InChI is InChI=1S/C16H26N4O2/c1-19(14-8-10-22-12-14)16(21)15-11-20(18-17-15)9-7-13-5-3-2-4-6-13/h11,13-14H,2-10,12H2,1H3/t14-/m0/s1. The second-order valence-electron chi connectivity index (χ2n) is 6.59. The Morgan fingerprint density at radius 1 is 1.36 bits per heavy atom. The molecule has 1 saturated heterocycles. The Morgan fingerprint density at radius 3 is 2.91 bits per heavy atom. The van der Waals surface area contributed by atoms with E-state index in [0.717, 1.165) is 31.9 Å². The molecule has 6 nitrogen and oxygen atoms in total. The molecule has 1 saturated carbocycles. The number of aromatic nitrogens is 3. The number of hydrogen-bond acceptors (Lipinski definition) is 4. The van der Waals surface area contributed by atoms with Crippen molar-refractivity contribution in [3.8, 4) is 0 Å². The number of ether oxygens (including phenoxy) is 1. The molecule has 3 rings (SSSR count). The van der Waals surface area contributed by atoms with Crippen LogP contribution in [0.1, 0.15) is 55.4 Å². The third-order valence-corrected chi connectivity index (χ3v) is 5.02. The summed E-state index contributed by atoms with van der Waals surface area (Å²) in [5, 5.41) is 8.17. The Bertz CT molecular complexity index is 490. The lowest BCUT2D eigenvalue weighted by Crippen LogP contribution is -2.37. The molecular formula is C16H26N4O2. The highest BCUT2D eigenvalue weighted by atomic mass is 16.5. The van der Waals surface area contributed by atoms with Gasteiger partial charge in [-0.2, -0.15) is 0 Å². The number of likely N-dealkylation sites (N-methyl/N-ethyl adjacent to an activating group) is 1. The number of carbonyl (C=O) groups is 1. The van der Waals surface area contributed by atoms with Gasteiger partial charge in [0.2, 0.25) is 0 Å². The molecule has 1 amide bonds. The zero-order valence-electron chi connectivity index (χ0n) is 13.4. The zero-order valence-corrected chi connectivity index (χ0v) is 13.4. The summed E-state index contributed by atoms with van der Waals surface area (Å²) < 4.78 is 7.16. The lowest BCUT2D eigenvalue weighted by atomic mass is 9.87. The number of carbonyl (C=O) groups excluding carboxylic acids is 1. The van der Waals surface area contributed by atoms with Crippen molar-refractivity contribution in [1.29, 1.82) is 0 Å². The van der Waals surface area contributed by atoms with E-state index in [-0.39, 0.29) is 11.9 Å². The van der Waals surface area contributed by atoms with E-state index in [1.54, 1.807) is 11.1 Å². The summed E-state index contributed by atoms with van der Waals surface area (Å²) in [7, 11) is 1.82. The van der Waals surface area contributed by atoms with E-state index in [2.05, 4.69) is 10.3 Å². The molecule has 2 aliphatic rings. The minimum Gasteiger partial charge on any atom is -0.379 e. The van der Waals surface area contributed by atoms with Gasteiger partial charge < -0.3 is 9.64 Å². The van der Waals surface area contributed by atoms with E-state index in [9.17, 15) is 4.79 Å². The fraction of sp³-hybridized carbons (Fsp3) is 0.812. The van der Waals surface area contributed by atoms with Gasteiger partial charge in [-0.1, -0.05) is 37.3 Å². The maximum absolute atomic E-state index is 12.4. The first-order chi connectivity index (χ1) is 10.7. The first-order valence-electron chi connectivity index (χ1n) is 8.49. The van der Waals surface area contributed by atoms with Gasteiger partial charge in [0.05, 0.1) is 18.8 Å². The highest BCUT2D eigenvalue weighted by Gasteiger charge is 2.26. The molecule has 1 aromatic rings. The van der Waals surface area contributed by atoms with Crippen molar-refractivity contribution in [2.24, 2.45) is 5.92 Å². The molecule has 1 aromatic heterocycles. The fourth-order valence-electron chi connectivity index (χ4n) is 3.47. The predicted molar refractivity (Wildman–Crippen MR) is 82.5 cm³/mol. The van der Waals surface area contributed by atoms with Crippen molar-refractivity contribution in [2.45, 2.75) is 57.5 Å². The van der Waals surface area contributed by atoms with Gasteiger partial charge in [-0.3, -0.25) is 9.48 Å². The molecule has 1 aliphatic carbocycles. The van der Waals surface area contributed by atoms with Gasteiger partial charge in [0, 0.05) is 20.2 Å². The molecule has 22 heavy (non-hydrogen) atoms. The summed E-state index contributed by atoms with van der Waals surface area (Å²) in [5.74, 6) is 0.759. The van der Waals surface area contributed by atoms with Crippen LogP contribution in [0, 0.1) is 5.92 Å². The first kappa shape index (κ1) is 15.5. The van der Waals surface area contributed by atoms with Gasteiger partial charge >= 0.3 is 0 Å². The summed E-state index contributed by atoms with van der Waals surface area (Å²) in [6, 6.07) is 0.167. The van der Waals surface area contributed by atoms with Crippen molar-refractivity contribution >= 4 is 5.91 Å². The van der Waals surface area contributed by atoms with Gasteiger partial charge in [0.15, 0.2) is 5.69 Å². The number of aryl methyl sites for hydroxylation is 1. The van der Waals surface area contributed by atoms with E-state index in [1.807, 2.05) is 11.7 Å². The summed E-state index contributed by atoms with van der Waals surface area (Å²) in [5.41, 5.74) is 0.443. The molecule has 6 heteroatoms. The van der Waals surface area contributed by atoms with Crippen LogP contribution in [0.4, 0.5) is 0 Å². The monoisotopic (exact) mass is 306 g/mol. The van der Waals surface area contributed by atoms with Gasteiger partial charge in [0.1, 0.15) is 0 Å². The van der Waals surface area contributed by atoms with Crippen LogP contribution in [-0.4, -0.2) is 52.1 Å².